The van der Waals surface area contributed by atoms with Crippen molar-refractivity contribution in [3.05, 3.63) is 30.1 Å². The van der Waals surface area contributed by atoms with Crippen molar-refractivity contribution in [1.82, 2.24) is 9.38 Å². The van der Waals surface area contributed by atoms with Crippen LogP contribution in [0.25, 0.3) is 5.65 Å². The minimum atomic E-state index is 0.390. The van der Waals surface area contributed by atoms with Crippen LogP contribution in [0, 0.1) is 49.7 Å². The van der Waals surface area contributed by atoms with E-state index in [1.54, 1.807) is 0 Å². The molecule has 0 radical (unpaired) electrons. The van der Waals surface area contributed by atoms with Crippen LogP contribution in [0.5, 0.6) is 0 Å². The Kier molecular flexibility index (Phi) is 2.05. The Labute approximate surface area is 94.4 Å². The zero-order valence-corrected chi connectivity index (χ0v) is 14.9. The molecule has 2 aromatic rings. The Morgan fingerprint density at radius 1 is 1.45 bits per heavy atom. The molecule has 0 atom stereocenters. The molecule has 0 saturated carbocycles. The summed E-state index contributed by atoms with van der Waals surface area (Å²) in [6.07, 6.45) is 2.15. The number of hydrogen-bond donors (Lipinski definition) is 0. The Morgan fingerprint density at radius 3 is 3.00 bits per heavy atom. The van der Waals surface area contributed by atoms with Gasteiger partial charge in [0.15, 0.2) is 0 Å². The standard InChI is InChI=1S/C8H7N2.Ra.H/c1-7-3-2-4-8-9-5-6-10(7)8;;/h2-4,6H,1H3;;. The van der Waals surface area contributed by atoms with E-state index in [4.69, 9.17) is 0 Å². The van der Waals surface area contributed by atoms with E-state index < -0.39 is 0 Å². The van der Waals surface area contributed by atoms with Crippen LogP contribution >= 0.6 is 0 Å². The fourth-order valence-electron chi connectivity index (χ4n) is 1.27. The number of hydrogen-bond acceptors (Lipinski definition) is 1. The molecule has 2 heterocycles. The minimum absolute atomic E-state index is 0.390. The molecule has 0 N–H and O–H groups in total. The fraction of sp³-hybridized carbons (Fsp3) is 0.125. The van der Waals surface area contributed by atoms with Gasteiger partial charge < -0.3 is 0 Å². The van der Waals surface area contributed by atoms with Crippen molar-refractivity contribution in [3.8, 4) is 0 Å². The summed E-state index contributed by atoms with van der Waals surface area (Å²) < 4.78 is 3.45. The SMILES string of the molecule is Cc1cccc2n[c]([RaH])cn12. The molecule has 0 amide bonds. The molecule has 0 aliphatic rings. The number of rotatable bonds is 0. The molecule has 2 aromatic heterocycles. The number of pyridine rings is 1. The number of aromatic nitrogens is 2. The van der Waals surface area contributed by atoms with Gasteiger partial charge in [-0.1, -0.05) is 0 Å². The van der Waals surface area contributed by atoms with Crippen molar-refractivity contribution in [2.24, 2.45) is 0 Å². The number of fused-ring (bicyclic) bond motifs is 1. The van der Waals surface area contributed by atoms with Crippen LogP contribution < -0.4 is 0.735 Å². The molecule has 52 valence electrons. The number of nitrogens with zero attached hydrogens (tertiary/aromatic N) is 2. The second-order valence-corrected chi connectivity index (χ2v) is 6.99. The van der Waals surface area contributed by atoms with E-state index in [1.165, 1.54) is 6.43 Å². The molecule has 0 aliphatic heterocycles. The van der Waals surface area contributed by atoms with Gasteiger partial charge in [0, 0.05) is 0 Å². The zero-order chi connectivity index (χ0) is 7.84. The van der Waals surface area contributed by atoms with Gasteiger partial charge in [-0.25, -0.2) is 0 Å². The quantitative estimate of drug-likeness (QED) is 0.673. The molecule has 0 unspecified atom stereocenters. The van der Waals surface area contributed by atoms with Crippen LogP contribution in [-0.4, -0.2) is 9.38 Å². The maximum atomic E-state index is 4.44. The Hall–Kier alpha value is 0.158. The van der Waals surface area contributed by atoms with Crippen molar-refractivity contribution < 1.29 is 42.8 Å². The molecule has 0 bridgehead atoms. The van der Waals surface area contributed by atoms with Gasteiger partial charge in [0.2, 0.25) is 0 Å². The molecule has 0 fully saturated rings. The Balaban J connectivity index is 2.90. The predicted molar refractivity (Wildman–Crippen MR) is 41.0 cm³/mol. The van der Waals surface area contributed by atoms with Crippen molar-refractivity contribution in [2.45, 2.75) is 6.92 Å². The van der Waals surface area contributed by atoms with E-state index in [1.807, 2.05) is 0 Å². The normalized spacial score (nSPS) is 10.5. The van der Waals surface area contributed by atoms with Crippen molar-refractivity contribution in [1.29, 1.82) is 0 Å². The molecule has 0 saturated heterocycles. The summed E-state index contributed by atoms with van der Waals surface area (Å²) >= 11 is 0.390. The first kappa shape index (κ1) is 7.79. The molecule has 3 heteroatoms. The molecule has 0 aliphatic carbocycles. The zero-order valence-electron chi connectivity index (χ0n) is 6.70. The van der Waals surface area contributed by atoms with Crippen molar-refractivity contribution >= 4 is 6.38 Å². The van der Waals surface area contributed by atoms with Gasteiger partial charge in [-0.15, -0.1) is 0 Å². The first-order valence-corrected chi connectivity index (χ1v) is 7.80. The molecule has 2 nitrogen and oxygen atoms in total. The summed E-state index contributed by atoms with van der Waals surface area (Å²) in [4.78, 5) is 4.44. The monoisotopic (exact) mass is 358 g/mol. The van der Waals surface area contributed by atoms with Gasteiger partial charge in [-0.2, -0.15) is 0 Å². The van der Waals surface area contributed by atoms with Crippen LogP contribution in [-0.2, 0) is 0 Å². The van der Waals surface area contributed by atoms with Crippen LogP contribution in [0.15, 0.2) is 24.4 Å². The van der Waals surface area contributed by atoms with Crippen LogP contribution in [0.2, 0.25) is 0 Å². The van der Waals surface area contributed by atoms with E-state index in [0.717, 1.165) is 5.65 Å². The Bertz CT molecular complexity index is 392. The second-order valence-electron chi connectivity index (χ2n) is 2.78. The number of imidazole rings is 1. The summed E-state index contributed by atoms with van der Waals surface area (Å²) in [7, 11) is 0. The van der Waals surface area contributed by atoms with Crippen LogP contribution in [0.3, 0.4) is 0 Å². The molecule has 2 rings (SSSR count). The molecule has 11 heavy (non-hydrogen) atoms. The third-order valence-electron chi connectivity index (χ3n) is 1.82. The topological polar surface area (TPSA) is 17.3 Å². The third kappa shape index (κ3) is 1.38. The van der Waals surface area contributed by atoms with E-state index in [2.05, 4.69) is 40.7 Å². The van der Waals surface area contributed by atoms with E-state index in [0.29, 0.717) is 42.8 Å². The Morgan fingerprint density at radius 2 is 2.27 bits per heavy atom. The molecular weight excluding hydrogens is 350 g/mol. The maximum absolute atomic E-state index is 4.44. The summed E-state index contributed by atoms with van der Waals surface area (Å²) in [5.74, 6) is 0. The van der Waals surface area contributed by atoms with Crippen molar-refractivity contribution in [2.75, 3.05) is 0 Å². The van der Waals surface area contributed by atoms with Gasteiger partial charge in [0.1, 0.15) is 0 Å². The average molecular weight is 358 g/mol. The first-order chi connectivity index (χ1) is 5.27. The van der Waals surface area contributed by atoms with Crippen LogP contribution in [0.4, 0.5) is 0 Å². The van der Waals surface area contributed by atoms with Gasteiger partial charge in [-0.3, -0.25) is 0 Å². The van der Waals surface area contributed by atoms with Gasteiger partial charge in [-0.05, 0) is 0 Å². The first-order valence-electron chi connectivity index (χ1n) is 3.69. The fourth-order valence-corrected chi connectivity index (χ4v) is 3.27. The third-order valence-corrected chi connectivity index (χ3v) is 3.80. The van der Waals surface area contributed by atoms with E-state index >= 15 is 0 Å². The van der Waals surface area contributed by atoms with Crippen molar-refractivity contribution in [3.63, 3.8) is 0 Å². The second kappa shape index (κ2) is 2.89. The van der Waals surface area contributed by atoms with Crippen LogP contribution in [0.1, 0.15) is 5.69 Å². The summed E-state index contributed by atoms with van der Waals surface area (Å²) in [6.45, 7) is 2.10. The molecule has 0 aromatic carbocycles. The summed E-state index contributed by atoms with van der Waals surface area (Å²) in [6, 6.07) is 6.20. The average Bonchev–Trinajstić information content (AvgIpc) is 2.31. The number of aryl methyl sites for hydroxylation is 1. The summed E-state index contributed by atoms with van der Waals surface area (Å²) in [5, 5.41) is 0. The molecule has 0 spiro atoms. The van der Waals surface area contributed by atoms with E-state index in [-0.39, 0.29) is 0 Å². The summed E-state index contributed by atoms with van der Waals surface area (Å²) in [5.41, 5.74) is 2.35. The predicted octanol–water partition coefficient (Wildman–Crippen LogP) is 0.550. The van der Waals surface area contributed by atoms with Gasteiger partial charge in [0.05, 0.1) is 0 Å². The van der Waals surface area contributed by atoms with Gasteiger partial charge in [0.25, 0.3) is 0 Å². The van der Waals surface area contributed by atoms with E-state index in [9.17, 15) is 0 Å². The van der Waals surface area contributed by atoms with Gasteiger partial charge >= 0.3 is 95.6 Å². The molecular formula is C8H8N2Ra.